The molecule has 20 heavy (non-hydrogen) atoms. The number of methoxy groups -OCH3 is 1. The topological polar surface area (TPSA) is 48.3 Å². The smallest absolute Gasteiger partial charge is 0.339 e. The summed E-state index contributed by atoms with van der Waals surface area (Å²) in [6, 6.07) is 6.89. The minimum atomic E-state index is -0.491. The zero-order chi connectivity index (χ0) is 14.9. The van der Waals surface area contributed by atoms with Gasteiger partial charge in [0, 0.05) is 22.6 Å². The van der Waals surface area contributed by atoms with Gasteiger partial charge in [0.1, 0.15) is 0 Å². The molecule has 2 rings (SSSR count). The van der Waals surface area contributed by atoms with Crippen molar-refractivity contribution in [3.63, 3.8) is 0 Å². The summed E-state index contributed by atoms with van der Waals surface area (Å²) in [5.41, 5.74) is 3.40. The second-order valence-electron chi connectivity index (χ2n) is 4.44. The van der Waals surface area contributed by atoms with Crippen molar-refractivity contribution in [1.82, 2.24) is 4.57 Å². The lowest BCUT2D eigenvalue weighted by Gasteiger charge is -2.11. The van der Waals surface area contributed by atoms with E-state index in [1.54, 1.807) is 24.3 Å². The number of hydrogen-bond donors (Lipinski definition) is 0. The SMILES string of the molecule is COC(=O)c1cc(-n2c(C)cc(C=O)c2C)ccc1Cl. The average Bonchev–Trinajstić information content (AvgIpc) is 2.73. The first-order valence-corrected chi connectivity index (χ1v) is 6.39. The lowest BCUT2D eigenvalue weighted by atomic mass is 10.2. The van der Waals surface area contributed by atoms with E-state index in [2.05, 4.69) is 0 Å². The first kappa shape index (κ1) is 14.3. The van der Waals surface area contributed by atoms with Gasteiger partial charge in [-0.3, -0.25) is 4.79 Å². The number of halogens is 1. The fourth-order valence-corrected chi connectivity index (χ4v) is 2.42. The standard InChI is InChI=1S/C15H14ClNO3/c1-9-6-11(8-18)10(2)17(9)12-4-5-14(16)13(7-12)15(19)20-3/h4-8H,1-3H3. The van der Waals surface area contributed by atoms with Gasteiger partial charge in [-0.2, -0.15) is 0 Å². The number of aldehydes is 1. The first-order chi connectivity index (χ1) is 9.49. The number of benzene rings is 1. The first-order valence-electron chi connectivity index (χ1n) is 6.02. The Hall–Kier alpha value is -2.07. The largest absolute Gasteiger partial charge is 0.465 e. The van der Waals surface area contributed by atoms with Crippen LogP contribution in [0.4, 0.5) is 0 Å². The van der Waals surface area contributed by atoms with E-state index in [-0.39, 0.29) is 0 Å². The molecule has 5 heteroatoms. The Morgan fingerprint density at radius 3 is 2.55 bits per heavy atom. The van der Waals surface area contributed by atoms with Crippen molar-refractivity contribution in [3.05, 3.63) is 51.8 Å². The van der Waals surface area contributed by atoms with Gasteiger partial charge in [-0.05, 0) is 38.1 Å². The number of rotatable bonds is 3. The van der Waals surface area contributed by atoms with Crippen LogP contribution in [-0.4, -0.2) is 23.9 Å². The summed E-state index contributed by atoms with van der Waals surface area (Å²) in [6.07, 6.45) is 0.815. The molecular formula is C15H14ClNO3. The third kappa shape index (κ3) is 2.34. The highest BCUT2D eigenvalue weighted by molar-refractivity contribution is 6.33. The molecule has 0 radical (unpaired) electrons. The van der Waals surface area contributed by atoms with Crippen molar-refractivity contribution in [2.75, 3.05) is 7.11 Å². The molecule has 104 valence electrons. The summed E-state index contributed by atoms with van der Waals surface area (Å²) in [5, 5.41) is 0.332. The Bertz CT molecular complexity index is 689. The number of aromatic nitrogens is 1. The molecule has 0 atom stereocenters. The van der Waals surface area contributed by atoms with E-state index in [1.165, 1.54) is 7.11 Å². The van der Waals surface area contributed by atoms with Crippen LogP contribution in [-0.2, 0) is 4.74 Å². The second kappa shape index (κ2) is 5.51. The minimum absolute atomic E-state index is 0.298. The van der Waals surface area contributed by atoms with E-state index in [1.807, 2.05) is 18.4 Å². The molecule has 1 aromatic heterocycles. The molecule has 0 spiro atoms. The normalized spacial score (nSPS) is 10.4. The molecular weight excluding hydrogens is 278 g/mol. The maximum absolute atomic E-state index is 11.7. The van der Waals surface area contributed by atoms with Crippen LogP contribution in [0, 0.1) is 13.8 Å². The Labute approximate surface area is 121 Å². The van der Waals surface area contributed by atoms with Gasteiger partial charge in [0.25, 0.3) is 0 Å². The van der Waals surface area contributed by atoms with Crippen molar-refractivity contribution in [2.45, 2.75) is 13.8 Å². The highest BCUT2D eigenvalue weighted by atomic mass is 35.5. The summed E-state index contributed by atoms with van der Waals surface area (Å²) in [6.45, 7) is 3.75. The summed E-state index contributed by atoms with van der Waals surface area (Å²) < 4.78 is 6.60. The van der Waals surface area contributed by atoms with Crippen molar-refractivity contribution in [1.29, 1.82) is 0 Å². The predicted molar refractivity (Wildman–Crippen MR) is 77.0 cm³/mol. The number of esters is 1. The Morgan fingerprint density at radius 2 is 2.00 bits per heavy atom. The molecule has 0 fully saturated rings. The maximum Gasteiger partial charge on any atom is 0.339 e. The summed E-state index contributed by atoms with van der Waals surface area (Å²) in [5.74, 6) is -0.491. The fraction of sp³-hybridized carbons (Fsp3) is 0.200. The molecule has 0 bridgehead atoms. The quantitative estimate of drug-likeness (QED) is 0.643. The van der Waals surface area contributed by atoms with Gasteiger partial charge in [0.2, 0.25) is 0 Å². The predicted octanol–water partition coefficient (Wildman–Crippen LogP) is 3.35. The van der Waals surface area contributed by atoms with E-state index in [0.717, 1.165) is 23.4 Å². The second-order valence-corrected chi connectivity index (χ2v) is 4.84. The fourth-order valence-electron chi connectivity index (χ4n) is 2.22. The molecule has 0 unspecified atom stereocenters. The average molecular weight is 292 g/mol. The number of carbonyl (C=O) groups excluding carboxylic acids is 2. The van der Waals surface area contributed by atoms with Gasteiger partial charge in [0.15, 0.2) is 6.29 Å². The zero-order valence-electron chi connectivity index (χ0n) is 11.4. The van der Waals surface area contributed by atoms with Crippen molar-refractivity contribution in [3.8, 4) is 5.69 Å². The van der Waals surface area contributed by atoms with Crippen LogP contribution in [0.5, 0.6) is 0 Å². The van der Waals surface area contributed by atoms with Gasteiger partial charge < -0.3 is 9.30 Å². The number of nitrogens with zero attached hydrogens (tertiary/aromatic N) is 1. The molecule has 0 aliphatic rings. The van der Waals surface area contributed by atoms with Crippen LogP contribution in [0.3, 0.4) is 0 Å². The number of aryl methyl sites for hydroxylation is 1. The molecule has 4 nitrogen and oxygen atoms in total. The van der Waals surface area contributed by atoms with Crippen molar-refractivity contribution in [2.24, 2.45) is 0 Å². The van der Waals surface area contributed by atoms with Crippen molar-refractivity contribution >= 4 is 23.9 Å². The minimum Gasteiger partial charge on any atom is -0.465 e. The van der Waals surface area contributed by atoms with Crippen LogP contribution in [0.25, 0.3) is 5.69 Å². The lowest BCUT2D eigenvalue weighted by molar-refractivity contribution is 0.0601. The van der Waals surface area contributed by atoms with Crippen molar-refractivity contribution < 1.29 is 14.3 Å². The molecule has 1 heterocycles. The Kier molecular flexibility index (Phi) is 3.95. The third-order valence-electron chi connectivity index (χ3n) is 3.21. The molecule has 0 amide bonds. The molecule has 0 aliphatic heterocycles. The number of hydrogen-bond acceptors (Lipinski definition) is 3. The molecule has 0 saturated carbocycles. The third-order valence-corrected chi connectivity index (χ3v) is 3.54. The molecule has 0 aliphatic carbocycles. The van der Waals surface area contributed by atoms with Gasteiger partial charge >= 0.3 is 5.97 Å². The zero-order valence-corrected chi connectivity index (χ0v) is 12.2. The number of carbonyl (C=O) groups is 2. The van der Waals surface area contributed by atoms with E-state index in [0.29, 0.717) is 16.1 Å². The van der Waals surface area contributed by atoms with Gasteiger partial charge in [-0.25, -0.2) is 4.79 Å². The van der Waals surface area contributed by atoms with E-state index >= 15 is 0 Å². The summed E-state index contributed by atoms with van der Waals surface area (Å²) >= 11 is 6.00. The van der Waals surface area contributed by atoms with Gasteiger partial charge in [-0.1, -0.05) is 11.6 Å². The van der Waals surface area contributed by atoms with Crippen LogP contribution in [0.2, 0.25) is 5.02 Å². The van der Waals surface area contributed by atoms with Crippen LogP contribution in [0.1, 0.15) is 32.1 Å². The Morgan fingerprint density at radius 1 is 1.30 bits per heavy atom. The molecule has 0 saturated heterocycles. The monoisotopic (exact) mass is 291 g/mol. The van der Waals surface area contributed by atoms with E-state index in [9.17, 15) is 9.59 Å². The molecule has 1 aromatic carbocycles. The van der Waals surface area contributed by atoms with Gasteiger partial charge in [-0.15, -0.1) is 0 Å². The molecule has 2 aromatic rings. The summed E-state index contributed by atoms with van der Waals surface area (Å²) in [4.78, 5) is 22.7. The van der Waals surface area contributed by atoms with E-state index in [4.69, 9.17) is 16.3 Å². The highest BCUT2D eigenvalue weighted by Gasteiger charge is 2.15. The highest BCUT2D eigenvalue weighted by Crippen LogP contribution is 2.24. The van der Waals surface area contributed by atoms with E-state index < -0.39 is 5.97 Å². The van der Waals surface area contributed by atoms with Crippen LogP contribution < -0.4 is 0 Å². The van der Waals surface area contributed by atoms with Crippen LogP contribution >= 0.6 is 11.6 Å². The number of ether oxygens (including phenoxy) is 1. The summed E-state index contributed by atoms with van der Waals surface area (Å²) in [7, 11) is 1.31. The van der Waals surface area contributed by atoms with Gasteiger partial charge in [0.05, 0.1) is 17.7 Å². The molecule has 0 N–H and O–H groups in total. The maximum atomic E-state index is 11.7. The Balaban J connectivity index is 2.62. The van der Waals surface area contributed by atoms with Crippen LogP contribution in [0.15, 0.2) is 24.3 Å². The lowest BCUT2D eigenvalue weighted by Crippen LogP contribution is -2.05.